The van der Waals surface area contributed by atoms with Crippen LogP contribution in [0.5, 0.6) is 0 Å². The number of hydrogen-bond acceptors (Lipinski definition) is 4. The summed E-state index contributed by atoms with van der Waals surface area (Å²) >= 11 is 0. The van der Waals surface area contributed by atoms with E-state index in [-0.39, 0.29) is 18.2 Å². The minimum absolute atomic E-state index is 0.0614. The first kappa shape index (κ1) is 11.3. The minimum Gasteiger partial charge on any atom is -0.388 e. The molecule has 5 nitrogen and oxygen atoms in total. The molecule has 88 valence electrons. The number of carbonyl (C=O) groups is 1. The zero-order chi connectivity index (χ0) is 12.4. The second-order valence-corrected chi connectivity index (χ2v) is 3.90. The van der Waals surface area contributed by atoms with Crippen molar-refractivity contribution in [3.8, 4) is 11.5 Å². The molecule has 0 aliphatic rings. The highest BCUT2D eigenvalue weighted by atomic mass is 16.4. The summed E-state index contributed by atoms with van der Waals surface area (Å²) in [5, 5.41) is 3.98. The Morgan fingerprint density at radius 3 is 2.88 bits per heavy atom. The highest BCUT2D eigenvalue weighted by Crippen LogP contribution is 2.16. The van der Waals surface area contributed by atoms with Crippen LogP contribution in [0, 0.1) is 6.92 Å². The summed E-state index contributed by atoms with van der Waals surface area (Å²) in [5.74, 6) is -0.521. The molecule has 1 heterocycles. The van der Waals surface area contributed by atoms with Gasteiger partial charge in [-0.3, -0.25) is 4.79 Å². The van der Waals surface area contributed by atoms with Crippen molar-refractivity contribution in [2.75, 3.05) is 0 Å². The van der Waals surface area contributed by atoms with E-state index in [4.69, 9.17) is 4.42 Å². The Bertz CT molecular complexity index is 610. The van der Waals surface area contributed by atoms with Crippen LogP contribution >= 0.6 is 0 Å². The number of ketones is 1. The lowest BCUT2D eigenvalue weighted by Crippen LogP contribution is -2.19. The van der Waals surface area contributed by atoms with Gasteiger partial charge in [-0.2, -0.15) is 4.68 Å². The van der Waals surface area contributed by atoms with Crippen LogP contribution in [-0.2, 0) is 11.3 Å². The van der Waals surface area contributed by atoms with Crippen molar-refractivity contribution in [2.24, 2.45) is 0 Å². The van der Waals surface area contributed by atoms with E-state index in [1.165, 1.54) is 6.92 Å². The van der Waals surface area contributed by atoms with Crippen LogP contribution in [0.2, 0.25) is 0 Å². The van der Waals surface area contributed by atoms with Crippen molar-refractivity contribution in [1.29, 1.82) is 0 Å². The maximum absolute atomic E-state index is 11.4. The molecule has 0 saturated heterocycles. The fraction of sp³-hybridized carbons (Fsp3) is 0.250. The van der Waals surface area contributed by atoms with Gasteiger partial charge in [0.05, 0.1) is 0 Å². The normalized spacial score (nSPS) is 10.5. The van der Waals surface area contributed by atoms with E-state index in [9.17, 15) is 9.59 Å². The van der Waals surface area contributed by atoms with Gasteiger partial charge in [0.25, 0.3) is 0 Å². The van der Waals surface area contributed by atoms with Gasteiger partial charge in [-0.15, -0.1) is 5.10 Å². The van der Waals surface area contributed by atoms with Crippen LogP contribution in [0.3, 0.4) is 0 Å². The largest absolute Gasteiger partial charge is 0.437 e. The van der Waals surface area contributed by atoms with Gasteiger partial charge >= 0.3 is 5.76 Å². The summed E-state index contributed by atoms with van der Waals surface area (Å²) in [6.07, 6.45) is 0. The Labute approximate surface area is 97.7 Å². The van der Waals surface area contributed by atoms with Crippen molar-refractivity contribution >= 4 is 5.78 Å². The monoisotopic (exact) mass is 232 g/mol. The molecule has 0 spiro atoms. The molecule has 0 fully saturated rings. The molecular formula is C12H12N2O3. The van der Waals surface area contributed by atoms with E-state index in [1.807, 2.05) is 25.1 Å². The van der Waals surface area contributed by atoms with E-state index < -0.39 is 5.76 Å². The molecule has 0 saturated carbocycles. The molecule has 0 bridgehead atoms. The molecule has 1 aromatic carbocycles. The van der Waals surface area contributed by atoms with Crippen LogP contribution in [0.4, 0.5) is 0 Å². The van der Waals surface area contributed by atoms with Crippen molar-refractivity contribution in [3.05, 3.63) is 40.4 Å². The van der Waals surface area contributed by atoms with Crippen LogP contribution < -0.4 is 5.76 Å². The molecule has 0 aliphatic heterocycles. The number of carbonyl (C=O) groups excluding carboxylic acids is 1. The van der Waals surface area contributed by atoms with Gasteiger partial charge < -0.3 is 4.42 Å². The van der Waals surface area contributed by atoms with Crippen molar-refractivity contribution in [2.45, 2.75) is 20.4 Å². The fourth-order valence-electron chi connectivity index (χ4n) is 1.51. The molecule has 0 aliphatic carbocycles. The summed E-state index contributed by atoms with van der Waals surface area (Å²) in [6.45, 7) is 3.27. The molecule has 1 aromatic heterocycles. The standard InChI is InChI=1S/C12H12N2O3/c1-8-4-3-5-10(6-8)11-13-14(7-9(2)15)12(16)17-11/h3-6H,7H2,1-2H3. The van der Waals surface area contributed by atoms with Crippen LogP contribution in [-0.4, -0.2) is 15.6 Å². The molecular weight excluding hydrogens is 220 g/mol. The number of Topliss-reactive ketones (excluding diaryl/α,β-unsaturated/α-hetero) is 1. The van der Waals surface area contributed by atoms with E-state index >= 15 is 0 Å². The highest BCUT2D eigenvalue weighted by Gasteiger charge is 2.11. The second-order valence-electron chi connectivity index (χ2n) is 3.90. The predicted octanol–water partition coefficient (Wildman–Crippen LogP) is 1.40. The first-order valence-corrected chi connectivity index (χ1v) is 5.20. The smallest absolute Gasteiger partial charge is 0.388 e. The molecule has 0 atom stereocenters. The first-order chi connectivity index (χ1) is 8.06. The summed E-state index contributed by atoms with van der Waals surface area (Å²) < 4.78 is 6.03. The van der Waals surface area contributed by atoms with Gasteiger partial charge in [-0.1, -0.05) is 17.7 Å². The van der Waals surface area contributed by atoms with E-state index in [2.05, 4.69) is 5.10 Å². The maximum atomic E-state index is 11.4. The van der Waals surface area contributed by atoms with Gasteiger partial charge in [0.15, 0.2) is 5.78 Å². The third-order valence-electron chi connectivity index (χ3n) is 2.24. The second kappa shape index (κ2) is 4.37. The Hall–Kier alpha value is -2.17. The van der Waals surface area contributed by atoms with E-state index in [0.29, 0.717) is 0 Å². The molecule has 5 heteroatoms. The van der Waals surface area contributed by atoms with Crippen LogP contribution in [0.25, 0.3) is 11.5 Å². The third kappa shape index (κ3) is 2.50. The number of nitrogens with zero attached hydrogens (tertiary/aromatic N) is 2. The highest BCUT2D eigenvalue weighted by molar-refractivity contribution is 5.75. The quantitative estimate of drug-likeness (QED) is 0.802. The Morgan fingerprint density at radius 1 is 1.47 bits per heavy atom. The lowest BCUT2D eigenvalue weighted by atomic mass is 10.1. The first-order valence-electron chi connectivity index (χ1n) is 5.20. The molecule has 2 rings (SSSR count). The number of benzene rings is 1. The number of hydrogen-bond donors (Lipinski definition) is 0. The van der Waals surface area contributed by atoms with Gasteiger partial charge in [0.1, 0.15) is 6.54 Å². The Kier molecular flexibility index (Phi) is 2.91. The Morgan fingerprint density at radius 2 is 2.24 bits per heavy atom. The summed E-state index contributed by atoms with van der Waals surface area (Å²) in [6, 6.07) is 7.46. The zero-order valence-electron chi connectivity index (χ0n) is 9.64. The van der Waals surface area contributed by atoms with Gasteiger partial charge in [0, 0.05) is 5.56 Å². The van der Waals surface area contributed by atoms with Crippen molar-refractivity contribution < 1.29 is 9.21 Å². The van der Waals surface area contributed by atoms with Gasteiger partial charge in [-0.05, 0) is 26.0 Å². The van der Waals surface area contributed by atoms with Gasteiger partial charge in [0.2, 0.25) is 5.89 Å². The summed E-state index contributed by atoms with van der Waals surface area (Å²) in [5.41, 5.74) is 1.77. The average Bonchev–Trinajstić information content (AvgIpc) is 2.59. The average molecular weight is 232 g/mol. The summed E-state index contributed by atoms with van der Waals surface area (Å²) in [7, 11) is 0. The maximum Gasteiger partial charge on any atom is 0.437 e. The lowest BCUT2D eigenvalue weighted by Gasteiger charge is -1.95. The van der Waals surface area contributed by atoms with Gasteiger partial charge in [-0.25, -0.2) is 4.79 Å². The fourth-order valence-corrected chi connectivity index (χ4v) is 1.51. The van der Waals surface area contributed by atoms with Crippen LogP contribution in [0.15, 0.2) is 33.5 Å². The van der Waals surface area contributed by atoms with Crippen molar-refractivity contribution in [3.63, 3.8) is 0 Å². The predicted molar refractivity (Wildman–Crippen MR) is 61.6 cm³/mol. The molecule has 0 N–H and O–H groups in total. The zero-order valence-corrected chi connectivity index (χ0v) is 9.64. The van der Waals surface area contributed by atoms with Crippen molar-refractivity contribution in [1.82, 2.24) is 9.78 Å². The number of rotatable bonds is 3. The van der Waals surface area contributed by atoms with E-state index in [1.54, 1.807) is 6.07 Å². The molecule has 0 radical (unpaired) electrons. The Balaban J connectivity index is 2.41. The SMILES string of the molecule is CC(=O)Cn1nc(-c2cccc(C)c2)oc1=O. The van der Waals surface area contributed by atoms with Crippen LogP contribution in [0.1, 0.15) is 12.5 Å². The minimum atomic E-state index is -0.614. The number of aromatic nitrogens is 2. The molecule has 2 aromatic rings. The molecule has 0 unspecified atom stereocenters. The topological polar surface area (TPSA) is 65.1 Å². The molecule has 0 amide bonds. The lowest BCUT2D eigenvalue weighted by molar-refractivity contribution is -0.117. The summed E-state index contributed by atoms with van der Waals surface area (Å²) in [4.78, 5) is 22.3. The third-order valence-corrected chi connectivity index (χ3v) is 2.24. The molecule has 17 heavy (non-hydrogen) atoms. The number of aryl methyl sites for hydroxylation is 1. The van der Waals surface area contributed by atoms with E-state index in [0.717, 1.165) is 15.8 Å².